The third-order valence-electron chi connectivity index (χ3n) is 5.26. The number of rotatable bonds is 4. The van der Waals surface area contributed by atoms with E-state index in [4.69, 9.17) is 4.74 Å². The lowest BCUT2D eigenvalue weighted by atomic mass is 10.1. The molecule has 1 amide bonds. The van der Waals surface area contributed by atoms with Gasteiger partial charge in [-0.2, -0.15) is 0 Å². The number of hydrogen-bond acceptors (Lipinski definition) is 4. The van der Waals surface area contributed by atoms with Crippen LogP contribution in [0.1, 0.15) is 27.8 Å². The summed E-state index contributed by atoms with van der Waals surface area (Å²) in [7, 11) is 1.66. The van der Waals surface area contributed by atoms with Crippen molar-refractivity contribution in [3.63, 3.8) is 0 Å². The standard InChI is InChI=1S/C22H23N3O3/c1-15(26)16-3-8-20-17(13-16)14-21(23-20)22(27)25-11-9-24(10-12-25)18-4-6-19(28-2)7-5-18/h3-8,13-14,23H,9-12H2,1-2H3. The third-order valence-corrected chi connectivity index (χ3v) is 5.26. The number of piperazine rings is 1. The van der Waals surface area contributed by atoms with Crippen LogP contribution in [0.15, 0.2) is 48.5 Å². The number of anilines is 1. The molecule has 0 unspecified atom stereocenters. The Morgan fingerprint density at radius 1 is 0.964 bits per heavy atom. The van der Waals surface area contributed by atoms with Crippen LogP contribution in [0.4, 0.5) is 5.69 Å². The van der Waals surface area contributed by atoms with Crippen molar-refractivity contribution in [2.24, 2.45) is 0 Å². The van der Waals surface area contributed by atoms with Crippen LogP contribution in [-0.2, 0) is 0 Å². The summed E-state index contributed by atoms with van der Waals surface area (Å²) in [5.74, 6) is 0.852. The lowest BCUT2D eigenvalue weighted by molar-refractivity contribution is 0.0741. The summed E-state index contributed by atoms with van der Waals surface area (Å²) < 4.78 is 5.21. The Morgan fingerprint density at radius 3 is 2.32 bits per heavy atom. The lowest BCUT2D eigenvalue weighted by Crippen LogP contribution is -2.48. The first-order valence-electron chi connectivity index (χ1n) is 9.37. The number of H-pyrrole nitrogens is 1. The summed E-state index contributed by atoms with van der Waals surface area (Å²) in [6, 6.07) is 15.3. The zero-order chi connectivity index (χ0) is 19.7. The zero-order valence-electron chi connectivity index (χ0n) is 16.1. The van der Waals surface area contributed by atoms with Crippen molar-refractivity contribution in [2.45, 2.75) is 6.92 Å². The SMILES string of the molecule is COc1ccc(N2CCN(C(=O)c3cc4cc(C(C)=O)ccc4[nH]3)CC2)cc1. The predicted octanol–water partition coefficient (Wildman–Crippen LogP) is 3.34. The Labute approximate surface area is 163 Å². The van der Waals surface area contributed by atoms with E-state index in [2.05, 4.69) is 9.88 Å². The van der Waals surface area contributed by atoms with Crippen molar-refractivity contribution in [3.8, 4) is 5.75 Å². The molecule has 28 heavy (non-hydrogen) atoms. The van der Waals surface area contributed by atoms with Crippen LogP contribution in [-0.4, -0.2) is 54.9 Å². The molecule has 144 valence electrons. The fourth-order valence-corrected chi connectivity index (χ4v) is 3.60. The maximum Gasteiger partial charge on any atom is 0.270 e. The van der Waals surface area contributed by atoms with Crippen molar-refractivity contribution in [3.05, 3.63) is 59.8 Å². The molecule has 1 aliphatic rings. The van der Waals surface area contributed by atoms with E-state index in [1.54, 1.807) is 20.1 Å². The van der Waals surface area contributed by atoms with Crippen molar-refractivity contribution in [1.29, 1.82) is 0 Å². The Balaban J connectivity index is 1.44. The average molecular weight is 377 g/mol. The van der Waals surface area contributed by atoms with E-state index in [-0.39, 0.29) is 11.7 Å². The van der Waals surface area contributed by atoms with Crippen LogP contribution in [0.3, 0.4) is 0 Å². The van der Waals surface area contributed by atoms with Gasteiger partial charge >= 0.3 is 0 Å². The molecule has 1 aromatic heterocycles. The molecule has 1 aliphatic heterocycles. The molecule has 3 aromatic rings. The topological polar surface area (TPSA) is 65.6 Å². The highest BCUT2D eigenvalue weighted by Crippen LogP contribution is 2.22. The Kier molecular flexibility index (Phi) is 4.77. The number of methoxy groups -OCH3 is 1. The van der Waals surface area contributed by atoms with Gasteiger partial charge in [-0.05, 0) is 55.5 Å². The van der Waals surface area contributed by atoms with Gasteiger partial charge in [0, 0.05) is 48.3 Å². The van der Waals surface area contributed by atoms with E-state index in [0.29, 0.717) is 24.3 Å². The summed E-state index contributed by atoms with van der Waals surface area (Å²) >= 11 is 0. The van der Waals surface area contributed by atoms with Crippen LogP contribution < -0.4 is 9.64 Å². The molecule has 4 rings (SSSR count). The molecule has 0 spiro atoms. The second-order valence-corrected chi connectivity index (χ2v) is 7.02. The number of nitrogens with one attached hydrogen (secondary N) is 1. The highest BCUT2D eigenvalue weighted by atomic mass is 16.5. The number of aromatic nitrogens is 1. The van der Waals surface area contributed by atoms with E-state index in [9.17, 15) is 9.59 Å². The molecule has 1 N–H and O–H groups in total. The maximum absolute atomic E-state index is 12.9. The Morgan fingerprint density at radius 2 is 1.68 bits per heavy atom. The number of Topliss-reactive ketones (excluding diaryl/α,β-unsaturated/α-hetero) is 1. The molecule has 0 atom stereocenters. The van der Waals surface area contributed by atoms with E-state index >= 15 is 0 Å². The van der Waals surface area contributed by atoms with Crippen LogP contribution in [0.5, 0.6) is 5.75 Å². The molecule has 0 aliphatic carbocycles. The highest BCUT2D eigenvalue weighted by molar-refractivity contribution is 6.01. The van der Waals surface area contributed by atoms with Gasteiger partial charge in [0.1, 0.15) is 11.4 Å². The molecule has 6 heteroatoms. The fraction of sp³-hybridized carbons (Fsp3) is 0.273. The number of ether oxygens (including phenoxy) is 1. The average Bonchev–Trinajstić information content (AvgIpc) is 3.17. The van der Waals surface area contributed by atoms with Gasteiger partial charge in [-0.1, -0.05) is 0 Å². The minimum atomic E-state index is -0.00467. The number of nitrogens with zero attached hydrogens (tertiary/aromatic N) is 2. The van der Waals surface area contributed by atoms with Crippen molar-refractivity contribution in [1.82, 2.24) is 9.88 Å². The second-order valence-electron chi connectivity index (χ2n) is 7.02. The predicted molar refractivity (Wildman–Crippen MR) is 109 cm³/mol. The molecule has 2 aromatic carbocycles. The van der Waals surface area contributed by atoms with Crippen LogP contribution in [0.2, 0.25) is 0 Å². The molecular weight excluding hydrogens is 354 g/mol. The monoisotopic (exact) mass is 377 g/mol. The number of carbonyl (C=O) groups is 2. The smallest absolute Gasteiger partial charge is 0.270 e. The fourth-order valence-electron chi connectivity index (χ4n) is 3.60. The Hall–Kier alpha value is -3.28. The first kappa shape index (κ1) is 18.1. The molecule has 1 fully saturated rings. The molecule has 0 saturated carbocycles. The van der Waals surface area contributed by atoms with Gasteiger partial charge in [-0.3, -0.25) is 9.59 Å². The zero-order valence-corrected chi connectivity index (χ0v) is 16.1. The van der Waals surface area contributed by atoms with Crippen LogP contribution >= 0.6 is 0 Å². The number of amides is 1. The summed E-state index contributed by atoms with van der Waals surface area (Å²) in [4.78, 5) is 31.8. The molecule has 0 bridgehead atoms. The molecule has 1 saturated heterocycles. The third kappa shape index (κ3) is 3.45. The van der Waals surface area contributed by atoms with Gasteiger partial charge in [0.05, 0.1) is 7.11 Å². The van der Waals surface area contributed by atoms with Crippen LogP contribution in [0, 0.1) is 0 Å². The summed E-state index contributed by atoms with van der Waals surface area (Å²) in [6.07, 6.45) is 0. The molecular formula is C22H23N3O3. The normalized spacial score (nSPS) is 14.4. The van der Waals surface area contributed by atoms with Crippen molar-refractivity contribution >= 4 is 28.3 Å². The first-order chi connectivity index (χ1) is 13.5. The second kappa shape index (κ2) is 7.38. The van der Waals surface area contributed by atoms with Crippen LogP contribution in [0.25, 0.3) is 10.9 Å². The largest absolute Gasteiger partial charge is 0.497 e. The van der Waals surface area contributed by atoms with Crippen molar-refractivity contribution < 1.29 is 14.3 Å². The summed E-state index contributed by atoms with van der Waals surface area (Å²) in [6.45, 7) is 4.44. The van der Waals surface area contributed by atoms with Gasteiger partial charge < -0.3 is 19.5 Å². The van der Waals surface area contributed by atoms with E-state index in [1.807, 2.05) is 47.4 Å². The maximum atomic E-state index is 12.9. The number of carbonyl (C=O) groups excluding carboxylic acids is 2. The van der Waals surface area contributed by atoms with Gasteiger partial charge in [-0.15, -0.1) is 0 Å². The van der Waals surface area contributed by atoms with Gasteiger partial charge in [-0.25, -0.2) is 0 Å². The van der Waals surface area contributed by atoms with Gasteiger partial charge in [0.2, 0.25) is 0 Å². The molecule has 6 nitrogen and oxygen atoms in total. The number of aromatic amines is 1. The minimum Gasteiger partial charge on any atom is -0.497 e. The van der Waals surface area contributed by atoms with Gasteiger partial charge in [0.15, 0.2) is 5.78 Å². The highest BCUT2D eigenvalue weighted by Gasteiger charge is 2.23. The van der Waals surface area contributed by atoms with Crippen molar-refractivity contribution in [2.75, 3.05) is 38.2 Å². The van der Waals surface area contributed by atoms with Gasteiger partial charge in [0.25, 0.3) is 5.91 Å². The minimum absolute atomic E-state index is 0.00467. The number of hydrogen-bond donors (Lipinski definition) is 1. The van der Waals surface area contributed by atoms with E-state index in [0.717, 1.165) is 35.4 Å². The van der Waals surface area contributed by atoms with E-state index < -0.39 is 0 Å². The number of benzene rings is 2. The first-order valence-corrected chi connectivity index (χ1v) is 9.37. The number of fused-ring (bicyclic) bond motifs is 1. The summed E-state index contributed by atoms with van der Waals surface area (Å²) in [5.41, 5.74) is 3.22. The lowest BCUT2D eigenvalue weighted by Gasteiger charge is -2.36. The quantitative estimate of drug-likeness (QED) is 0.708. The number of ketones is 1. The summed E-state index contributed by atoms with van der Waals surface area (Å²) in [5, 5.41) is 0.882. The van der Waals surface area contributed by atoms with E-state index in [1.165, 1.54) is 0 Å². The molecule has 2 heterocycles. The molecule has 0 radical (unpaired) electrons. The Bertz CT molecular complexity index is 1020.